The van der Waals surface area contributed by atoms with E-state index in [0.29, 0.717) is 37.6 Å². The predicted molar refractivity (Wildman–Crippen MR) is 84.0 cm³/mol. The molecule has 0 aromatic heterocycles. The Hall–Kier alpha value is -2.12. The summed E-state index contributed by atoms with van der Waals surface area (Å²) in [5.41, 5.74) is 5.95. The van der Waals surface area contributed by atoms with Crippen LogP contribution >= 0.6 is 0 Å². The van der Waals surface area contributed by atoms with Crippen LogP contribution in [0, 0.1) is 0 Å². The minimum absolute atomic E-state index is 0.146. The van der Waals surface area contributed by atoms with Crippen molar-refractivity contribution in [2.75, 3.05) is 25.0 Å². The third kappa shape index (κ3) is 6.55. The van der Waals surface area contributed by atoms with E-state index < -0.39 is 12.0 Å². The summed E-state index contributed by atoms with van der Waals surface area (Å²) in [4.78, 5) is 23.0. The Kier molecular flexibility index (Phi) is 7.95. The minimum Gasteiger partial charge on any atom is -0.494 e. The van der Waals surface area contributed by atoms with E-state index >= 15 is 0 Å². The predicted octanol–water partition coefficient (Wildman–Crippen LogP) is 0.806. The third-order valence-corrected chi connectivity index (χ3v) is 2.91. The Morgan fingerprint density at radius 1 is 1.32 bits per heavy atom. The summed E-state index contributed by atoms with van der Waals surface area (Å²) in [6.45, 7) is 3.39. The molecule has 0 spiro atoms. The summed E-state index contributed by atoms with van der Waals surface area (Å²) in [7, 11) is 0. The van der Waals surface area contributed by atoms with Gasteiger partial charge in [0.05, 0.1) is 13.0 Å². The monoisotopic (exact) mass is 309 g/mol. The molecule has 0 fully saturated rings. The lowest BCUT2D eigenvalue weighted by Crippen LogP contribution is -2.40. The second kappa shape index (κ2) is 9.75. The number of hydrogen-bond acceptors (Lipinski definition) is 5. The van der Waals surface area contributed by atoms with E-state index in [1.165, 1.54) is 0 Å². The van der Waals surface area contributed by atoms with Gasteiger partial charge in [0.15, 0.2) is 0 Å². The number of anilines is 1. The van der Waals surface area contributed by atoms with Crippen molar-refractivity contribution >= 4 is 17.6 Å². The fourth-order valence-corrected chi connectivity index (χ4v) is 1.82. The zero-order chi connectivity index (χ0) is 16.4. The van der Waals surface area contributed by atoms with Crippen LogP contribution in [0.15, 0.2) is 24.3 Å². The summed E-state index contributed by atoms with van der Waals surface area (Å²) < 4.78 is 5.31. The molecule has 0 aliphatic heterocycles. The second-order valence-corrected chi connectivity index (χ2v) is 4.70. The largest absolute Gasteiger partial charge is 0.494 e. The average molecular weight is 309 g/mol. The average Bonchev–Trinajstić information content (AvgIpc) is 2.48. The quantitative estimate of drug-likeness (QED) is 0.476. The maximum Gasteiger partial charge on any atom is 0.321 e. The number of carboxylic acid groups (broad SMARTS) is 1. The molecule has 1 rings (SSSR count). The zero-order valence-corrected chi connectivity index (χ0v) is 12.7. The highest BCUT2D eigenvalue weighted by Gasteiger charge is 2.20. The molecule has 1 aromatic carbocycles. The first kappa shape index (κ1) is 17.9. The first-order valence-electron chi connectivity index (χ1n) is 7.25. The fraction of sp³-hybridized carbons (Fsp3) is 0.467. The Morgan fingerprint density at radius 2 is 2.00 bits per heavy atom. The van der Waals surface area contributed by atoms with Gasteiger partial charge in [0, 0.05) is 5.69 Å². The molecule has 122 valence electrons. The van der Waals surface area contributed by atoms with Crippen LogP contribution in [0.25, 0.3) is 0 Å². The van der Waals surface area contributed by atoms with Crippen LogP contribution in [0.3, 0.4) is 0 Å². The van der Waals surface area contributed by atoms with Crippen molar-refractivity contribution in [2.45, 2.75) is 25.8 Å². The highest BCUT2D eigenvalue weighted by atomic mass is 16.5. The molecule has 0 saturated carbocycles. The molecule has 7 heteroatoms. The summed E-state index contributed by atoms with van der Waals surface area (Å²) in [6.07, 6.45) is 0.511. The van der Waals surface area contributed by atoms with Crippen LogP contribution in [0.4, 0.5) is 5.69 Å². The van der Waals surface area contributed by atoms with Crippen molar-refractivity contribution < 1.29 is 19.4 Å². The van der Waals surface area contributed by atoms with Gasteiger partial charge in [-0.15, -0.1) is 0 Å². The topological polar surface area (TPSA) is 114 Å². The number of carbonyl (C=O) groups excluding carboxylic acids is 1. The summed E-state index contributed by atoms with van der Waals surface area (Å²) in [6, 6.07) is 5.98. The molecule has 1 aromatic rings. The van der Waals surface area contributed by atoms with E-state index in [9.17, 15) is 9.59 Å². The Labute approximate surface area is 129 Å². The normalized spacial score (nSPS) is 11.7. The van der Waals surface area contributed by atoms with Crippen LogP contribution < -0.4 is 21.1 Å². The summed E-state index contributed by atoms with van der Waals surface area (Å²) in [5, 5.41) is 14.6. The standard InChI is InChI=1S/C15H23N3O4/c1-2-22-12-6-4-11(5-7-12)18-14(19)10-13(15(20)21)17-9-3-8-16/h4-7,13,17H,2-3,8-10,16H2,1H3,(H,18,19)(H,20,21)/t13-/m0/s1. The SMILES string of the molecule is CCOc1ccc(NC(=O)C[C@H](NCCCN)C(=O)O)cc1. The highest BCUT2D eigenvalue weighted by molar-refractivity contribution is 5.94. The maximum atomic E-state index is 11.9. The molecule has 0 aliphatic rings. The molecular formula is C15H23N3O4. The molecule has 0 heterocycles. The molecule has 7 nitrogen and oxygen atoms in total. The van der Waals surface area contributed by atoms with Gasteiger partial charge in [-0.25, -0.2) is 0 Å². The van der Waals surface area contributed by atoms with Crippen molar-refractivity contribution in [2.24, 2.45) is 5.73 Å². The number of rotatable bonds is 10. The number of hydrogen-bond donors (Lipinski definition) is 4. The lowest BCUT2D eigenvalue weighted by molar-refractivity contribution is -0.141. The Balaban J connectivity index is 2.50. The lowest BCUT2D eigenvalue weighted by Gasteiger charge is -2.14. The van der Waals surface area contributed by atoms with Gasteiger partial charge in [-0.1, -0.05) is 0 Å². The lowest BCUT2D eigenvalue weighted by atomic mass is 10.2. The third-order valence-electron chi connectivity index (χ3n) is 2.91. The van der Waals surface area contributed by atoms with Crippen molar-refractivity contribution in [3.63, 3.8) is 0 Å². The van der Waals surface area contributed by atoms with E-state index in [-0.39, 0.29) is 12.3 Å². The van der Waals surface area contributed by atoms with E-state index in [4.69, 9.17) is 15.6 Å². The minimum atomic E-state index is -1.06. The molecule has 0 saturated heterocycles. The van der Waals surface area contributed by atoms with Gasteiger partial charge in [-0.2, -0.15) is 0 Å². The van der Waals surface area contributed by atoms with Gasteiger partial charge < -0.3 is 26.2 Å². The number of nitrogens with two attached hydrogens (primary N) is 1. The number of benzene rings is 1. The fourth-order valence-electron chi connectivity index (χ4n) is 1.82. The number of amides is 1. The molecule has 22 heavy (non-hydrogen) atoms. The van der Waals surface area contributed by atoms with Crippen LogP contribution in [0.1, 0.15) is 19.8 Å². The number of aliphatic carboxylic acids is 1. The molecule has 0 bridgehead atoms. The van der Waals surface area contributed by atoms with E-state index in [2.05, 4.69) is 10.6 Å². The molecule has 1 atom stereocenters. The molecule has 0 unspecified atom stereocenters. The van der Waals surface area contributed by atoms with Gasteiger partial charge in [0.25, 0.3) is 0 Å². The van der Waals surface area contributed by atoms with E-state index in [1.54, 1.807) is 24.3 Å². The maximum absolute atomic E-state index is 11.9. The molecule has 0 aliphatic carbocycles. The molecule has 5 N–H and O–H groups in total. The number of nitrogens with one attached hydrogen (secondary N) is 2. The van der Waals surface area contributed by atoms with Crippen LogP contribution in [-0.4, -0.2) is 42.7 Å². The smallest absolute Gasteiger partial charge is 0.321 e. The highest BCUT2D eigenvalue weighted by Crippen LogP contribution is 2.15. The Bertz CT molecular complexity index is 476. The van der Waals surface area contributed by atoms with Crippen molar-refractivity contribution in [3.8, 4) is 5.75 Å². The van der Waals surface area contributed by atoms with Crippen LogP contribution in [0.2, 0.25) is 0 Å². The van der Waals surface area contributed by atoms with Gasteiger partial charge in [0.1, 0.15) is 11.8 Å². The van der Waals surface area contributed by atoms with Crippen LogP contribution in [-0.2, 0) is 9.59 Å². The van der Waals surface area contributed by atoms with E-state index in [0.717, 1.165) is 0 Å². The Morgan fingerprint density at radius 3 is 2.55 bits per heavy atom. The summed E-state index contributed by atoms with van der Waals surface area (Å²) >= 11 is 0. The van der Waals surface area contributed by atoms with Gasteiger partial charge >= 0.3 is 5.97 Å². The molecule has 1 amide bonds. The van der Waals surface area contributed by atoms with Gasteiger partial charge in [-0.05, 0) is 50.7 Å². The molecule has 0 radical (unpaired) electrons. The van der Waals surface area contributed by atoms with E-state index in [1.807, 2.05) is 6.92 Å². The van der Waals surface area contributed by atoms with Crippen molar-refractivity contribution in [1.82, 2.24) is 5.32 Å². The van der Waals surface area contributed by atoms with Crippen molar-refractivity contribution in [3.05, 3.63) is 24.3 Å². The zero-order valence-electron chi connectivity index (χ0n) is 12.7. The number of carbonyl (C=O) groups is 2. The summed E-state index contributed by atoms with van der Waals surface area (Å²) in [5.74, 6) is -0.706. The van der Waals surface area contributed by atoms with Gasteiger partial charge in [0.2, 0.25) is 5.91 Å². The van der Waals surface area contributed by atoms with Crippen molar-refractivity contribution in [1.29, 1.82) is 0 Å². The number of carboxylic acids is 1. The first-order chi connectivity index (χ1) is 10.6. The van der Waals surface area contributed by atoms with Crippen LogP contribution in [0.5, 0.6) is 5.75 Å². The first-order valence-corrected chi connectivity index (χ1v) is 7.25. The van der Waals surface area contributed by atoms with Gasteiger partial charge in [-0.3, -0.25) is 9.59 Å². The second-order valence-electron chi connectivity index (χ2n) is 4.70. The molecular weight excluding hydrogens is 286 g/mol. The number of ether oxygens (including phenoxy) is 1.